The first-order valence-electron chi connectivity index (χ1n) is 11.7. The zero-order chi connectivity index (χ0) is 24.1. The molecule has 4 rings (SSSR count). The molecule has 1 aliphatic heterocycles. The zero-order valence-corrected chi connectivity index (χ0v) is 19.2. The van der Waals surface area contributed by atoms with Crippen molar-refractivity contribution in [3.05, 3.63) is 59.7 Å². The molecule has 8 nitrogen and oxygen atoms in total. The molecule has 0 bridgehead atoms. The maximum atomic E-state index is 13.0. The number of rotatable bonds is 9. The molecule has 1 aliphatic carbocycles. The van der Waals surface area contributed by atoms with Crippen molar-refractivity contribution in [2.45, 2.75) is 44.2 Å². The van der Waals surface area contributed by atoms with E-state index in [1.165, 1.54) is 0 Å². The van der Waals surface area contributed by atoms with Gasteiger partial charge in [-0.05, 0) is 42.0 Å². The van der Waals surface area contributed by atoms with Gasteiger partial charge in [-0.3, -0.25) is 9.59 Å². The van der Waals surface area contributed by atoms with Crippen molar-refractivity contribution >= 4 is 18.0 Å². The predicted molar refractivity (Wildman–Crippen MR) is 125 cm³/mol. The molecular weight excluding hydrogens is 436 g/mol. The van der Waals surface area contributed by atoms with Crippen LogP contribution < -0.4 is 5.32 Å². The number of aliphatic carboxylic acids is 1. The van der Waals surface area contributed by atoms with Crippen LogP contribution in [0.1, 0.15) is 43.2 Å². The second kappa shape index (κ2) is 10.7. The quantitative estimate of drug-likeness (QED) is 0.587. The minimum Gasteiger partial charge on any atom is -0.481 e. The highest BCUT2D eigenvalue weighted by Crippen LogP contribution is 2.44. The molecule has 0 spiro atoms. The Morgan fingerprint density at radius 3 is 2.35 bits per heavy atom. The highest BCUT2D eigenvalue weighted by Gasteiger charge is 2.33. The van der Waals surface area contributed by atoms with Gasteiger partial charge in [0.05, 0.1) is 6.10 Å². The van der Waals surface area contributed by atoms with Gasteiger partial charge in [0, 0.05) is 32.0 Å². The number of alkyl carbamates (subject to hydrolysis) is 1. The van der Waals surface area contributed by atoms with Crippen LogP contribution >= 0.6 is 0 Å². The summed E-state index contributed by atoms with van der Waals surface area (Å²) in [4.78, 5) is 38.5. The smallest absolute Gasteiger partial charge is 0.407 e. The fraction of sp³-hybridized carbons (Fsp3) is 0.423. The summed E-state index contributed by atoms with van der Waals surface area (Å²) >= 11 is 0. The van der Waals surface area contributed by atoms with E-state index in [4.69, 9.17) is 14.6 Å². The number of hydrogen-bond donors (Lipinski definition) is 2. The Bertz CT molecular complexity index is 1010. The second-order valence-corrected chi connectivity index (χ2v) is 8.61. The molecule has 0 radical (unpaired) electrons. The van der Waals surface area contributed by atoms with E-state index in [1.807, 2.05) is 43.3 Å². The van der Waals surface area contributed by atoms with Gasteiger partial charge in [0.15, 0.2) is 0 Å². The van der Waals surface area contributed by atoms with Crippen molar-refractivity contribution in [3.63, 3.8) is 0 Å². The number of nitrogens with one attached hydrogen (secondary N) is 1. The van der Waals surface area contributed by atoms with Crippen molar-refractivity contribution in [1.29, 1.82) is 0 Å². The molecule has 2 N–H and O–H groups in total. The molecule has 1 fully saturated rings. The second-order valence-electron chi connectivity index (χ2n) is 8.61. The van der Waals surface area contributed by atoms with Gasteiger partial charge in [-0.2, -0.15) is 0 Å². The van der Waals surface area contributed by atoms with Crippen molar-refractivity contribution in [2.24, 2.45) is 0 Å². The summed E-state index contributed by atoms with van der Waals surface area (Å²) in [6.45, 7) is 3.53. The summed E-state index contributed by atoms with van der Waals surface area (Å²) < 4.78 is 11.2. The van der Waals surface area contributed by atoms with Crippen molar-refractivity contribution in [2.75, 3.05) is 26.3 Å². The number of fused-ring (bicyclic) bond motifs is 3. The fourth-order valence-electron chi connectivity index (χ4n) is 4.83. The van der Waals surface area contributed by atoms with Crippen LogP contribution in [0.2, 0.25) is 0 Å². The Kier molecular flexibility index (Phi) is 7.47. The van der Waals surface area contributed by atoms with E-state index in [9.17, 15) is 14.4 Å². The SMILES string of the molecule is CCOC1CCN(C(=O)C(CCC(=O)O)NC(=O)OCC2c3ccccc3-c3ccccc32)C1. The van der Waals surface area contributed by atoms with Crippen LogP contribution in [-0.4, -0.2) is 66.4 Å². The Balaban J connectivity index is 1.40. The number of carboxylic acid groups (broad SMARTS) is 1. The number of benzene rings is 2. The van der Waals surface area contributed by atoms with Gasteiger partial charge in [-0.15, -0.1) is 0 Å². The highest BCUT2D eigenvalue weighted by molar-refractivity contribution is 5.86. The molecule has 2 unspecified atom stereocenters. The van der Waals surface area contributed by atoms with Gasteiger partial charge < -0.3 is 24.8 Å². The number of carbonyl (C=O) groups is 3. The van der Waals surface area contributed by atoms with Gasteiger partial charge in [0.2, 0.25) is 5.91 Å². The normalized spacial score (nSPS) is 17.7. The van der Waals surface area contributed by atoms with E-state index in [1.54, 1.807) is 4.90 Å². The Morgan fingerprint density at radius 2 is 1.74 bits per heavy atom. The molecule has 0 aromatic heterocycles. The van der Waals surface area contributed by atoms with Crippen molar-refractivity contribution < 1.29 is 29.0 Å². The first kappa shape index (κ1) is 23.8. The molecule has 2 aromatic carbocycles. The first-order valence-corrected chi connectivity index (χ1v) is 11.7. The summed E-state index contributed by atoms with van der Waals surface area (Å²) in [5, 5.41) is 11.7. The molecule has 0 saturated carbocycles. The third-order valence-corrected chi connectivity index (χ3v) is 6.44. The van der Waals surface area contributed by atoms with Gasteiger partial charge in [0.25, 0.3) is 0 Å². The van der Waals surface area contributed by atoms with Crippen molar-refractivity contribution in [1.82, 2.24) is 10.2 Å². The first-order chi connectivity index (χ1) is 16.5. The highest BCUT2D eigenvalue weighted by atomic mass is 16.5. The van der Waals surface area contributed by atoms with Crippen LogP contribution in [0.25, 0.3) is 11.1 Å². The maximum Gasteiger partial charge on any atom is 0.407 e. The lowest BCUT2D eigenvalue weighted by molar-refractivity contribution is -0.138. The number of likely N-dealkylation sites (tertiary alicyclic amines) is 1. The van der Waals surface area contributed by atoms with Crippen LogP contribution in [0, 0.1) is 0 Å². The summed E-state index contributed by atoms with van der Waals surface area (Å²) in [5.74, 6) is -1.44. The predicted octanol–water partition coefficient (Wildman–Crippen LogP) is 3.40. The summed E-state index contributed by atoms with van der Waals surface area (Å²) in [6, 6.07) is 15.1. The summed E-state index contributed by atoms with van der Waals surface area (Å²) in [6.07, 6.45) is -0.290. The minimum atomic E-state index is -1.03. The van der Waals surface area contributed by atoms with Crippen LogP contribution in [0.15, 0.2) is 48.5 Å². The molecule has 2 atom stereocenters. The molecule has 1 heterocycles. The zero-order valence-electron chi connectivity index (χ0n) is 19.2. The van der Waals surface area contributed by atoms with Crippen LogP contribution in [0.5, 0.6) is 0 Å². The lowest BCUT2D eigenvalue weighted by atomic mass is 9.98. The standard InChI is InChI=1S/C26H30N2O6/c1-2-33-17-13-14-28(15-17)25(31)23(11-12-24(29)30)27-26(32)34-16-22-20-9-5-3-7-18(20)19-8-4-6-10-21(19)22/h3-10,17,22-23H,2,11-16H2,1H3,(H,27,32)(H,29,30). The lowest BCUT2D eigenvalue weighted by Gasteiger charge is -2.24. The Labute approximate surface area is 198 Å². The number of carboxylic acids is 1. The molecule has 2 aliphatic rings. The van der Waals surface area contributed by atoms with Gasteiger partial charge in [0.1, 0.15) is 12.6 Å². The van der Waals surface area contributed by atoms with Crippen LogP contribution in [0.4, 0.5) is 4.79 Å². The third kappa shape index (κ3) is 5.22. The molecule has 1 saturated heterocycles. The molecule has 2 amide bonds. The molecule has 2 aromatic rings. The number of amides is 2. The lowest BCUT2D eigenvalue weighted by Crippen LogP contribution is -2.48. The monoisotopic (exact) mass is 466 g/mol. The van der Waals surface area contributed by atoms with E-state index in [2.05, 4.69) is 17.4 Å². The molecule has 34 heavy (non-hydrogen) atoms. The largest absolute Gasteiger partial charge is 0.481 e. The number of hydrogen-bond acceptors (Lipinski definition) is 5. The summed E-state index contributed by atoms with van der Waals surface area (Å²) in [7, 11) is 0. The molecule has 8 heteroatoms. The Hall–Kier alpha value is -3.39. The van der Waals surface area contributed by atoms with Gasteiger partial charge in [-0.25, -0.2) is 4.79 Å². The van der Waals surface area contributed by atoms with Gasteiger partial charge >= 0.3 is 12.1 Å². The average molecular weight is 467 g/mol. The van der Waals surface area contributed by atoms with Crippen LogP contribution in [-0.2, 0) is 19.1 Å². The maximum absolute atomic E-state index is 13.0. The third-order valence-electron chi connectivity index (χ3n) is 6.44. The van der Waals surface area contributed by atoms with E-state index < -0.39 is 18.1 Å². The van der Waals surface area contributed by atoms with E-state index in [-0.39, 0.29) is 37.4 Å². The summed E-state index contributed by atoms with van der Waals surface area (Å²) in [5.41, 5.74) is 4.43. The van der Waals surface area contributed by atoms with Crippen LogP contribution in [0.3, 0.4) is 0 Å². The van der Waals surface area contributed by atoms with E-state index >= 15 is 0 Å². The van der Waals surface area contributed by atoms with Crippen molar-refractivity contribution in [3.8, 4) is 11.1 Å². The minimum absolute atomic E-state index is 0.00579. The average Bonchev–Trinajstić information content (AvgIpc) is 3.43. The number of nitrogens with zero attached hydrogens (tertiary/aromatic N) is 1. The fourth-order valence-corrected chi connectivity index (χ4v) is 4.83. The number of carbonyl (C=O) groups excluding carboxylic acids is 2. The van der Waals surface area contributed by atoms with E-state index in [0.717, 1.165) is 28.7 Å². The molecule has 180 valence electrons. The molecular formula is C26H30N2O6. The van der Waals surface area contributed by atoms with Gasteiger partial charge in [-0.1, -0.05) is 48.5 Å². The topological polar surface area (TPSA) is 105 Å². The van der Waals surface area contributed by atoms with E-state index in [0.29, 0.717) is 19.7 Å². The number of ether oxygens (including phenoxy) is 2. The Morgan fingerprint density at radius 1 is 1.09 bits per heavy atom.